The van der Waals surface area contributed by atoms with Gasteiger partial charge in [0.2, 0.25) is 11.6 Å². The smallest absolute Gasteiger partial charge is 0.220 e. The predicted molar refractivity (Wildman–Crippen MR) is 70.2 cm³/mol. The maximum atomic E-state index is 11.9. The van der Waals surface area contributed by atoms with E-state index in [0.717, 1.165) is 5.56 Å². The first-order valence-corrected chi connectivity index (χ1v) is 6.63. The Bertz CT molecular complexity index is 514. The molecule has 82 valence electrons. The van der Waals surface area contributed by atoms with Crippen LogP contribution in [0.2, 0.25) is 0 Å². The largest absolute Gasteiger partial charge is 0.288 e. The zero-order chi connectivity index (χ0) is 12.0. The van der Waals surface area contributed by atoms with Crippen LogP contribution in [0.25, 0.3) is 0 Å². The molecule has 0 bridgehead atoms. The topological polar surface area (TPSA) is 47.0 Å². The van der Waals surface area contributed by atoms with E-state index in [9.17, 15) is 9.59 Å². The lowest BCUT2D eigenvalue weighted by Gasteiger charge is -2.14. The van der Waals surface area contributed by atoms with E-state index in [1.807, 2.05) is 6.92 Å². The summed E-state index contributed by atoms with van der Waals surface area (Å²) in [5, 5.41) is 0. The van der Waals surface area contributed by atoms with Gasteiger partial charge in [0.1, 0.15) is 10.3 Å². The third kappa shape index (κ3) is 1.72. The lowest BCUT2D eigenvalue weighted by molar-refractivity contribution is 0.0985. The Balaban J connectivity index is 2.76. The quantitative estimate of drug-likeness (QED) is 0.616. The van der Waals surface area contributed by atoms with Crippen LogP contribution >= 0.6 is 47.8 Å². The van der Waals surface area contributed by atoms with Crippen molar-refractivity contribution in [1.82, 2.24) is 4.98 Å². The summed E-state index contributed by atoms with van der Waals surface area (Å²) in [7, 11) is 0. The maximum absolute atomic E-state index is 11.9. The molecular formula is C10H4Br3NO2. The van der Waals surface area contributed by atoms with Gasteiger partial charge in [0.05, 0.1) is 14.5 Å². The molecule has 1 aromatic heterocycles. The molecule has 0 spiro atoms. The number of carbonyl (C=O) groups excluding carboxylic acids is 2. The first kappa shape index (κ1) is 12.1. The number of nitrogens with zero attached hydrogens (tertiary/aromatic N) is 1. The van der Waals surface area contributed by atoms with Gasteiger partial charge in [-0.3, -0.25) is 9.59 Å². The molecule has 0 aliphatic heterocycles. The van der Waals surface area contributed by atoms with E-state index < -0.39 is 0 Å². The third-order valence-corrected chi connectivity index (χ3v) is 5.05. The molecule has 0 aromatic carbocycles. The number of halogens is 3. The molecule has 16 heavy (non-hydrogen) atoms. The van der Waals surface area contributed by atoms with Crippen LogP contribution in [0.15, 0.2) is 19.6 Å². The molecule has 0 saturated carbocycles. The lowest BCUT2D eigenvalue weighted by atomic mass is 9.99. The van der Waals surface area contributed by atoms with Crippen molar-refractivity contribution < 1.29 is 9.59 Å². The number of allylic oxidation sites excluding steroid dienone is 2. The number of hydrogen-bond donors (Lipinski definition) is 0. The van der Waals surface area contributed by atoms with Crippen LogP contribution in [0.1, 0.15) is 26.4 Å². The minimum Gasteiger partial charge on any atom is -0.288 e. The Hall–Kier alpha value is -0.330. The standard InChI is InChI=1S/C10H4Br3NO2/c1-3-2-4-7(14-10(3)13)9(16)6(12)5(11)8(4)15/h2H,1H3. The highest BCUT2D eigenvalue weighted by Gasteiger charge is 2.31. The molecule has 1 aromatic rings. The van der Waals surface area contributed by atoms with Gasteiger partial charge in [-0.15, -0.1) is 0 Å². The second-order valence-corrected chi connectivity index (χ2v) is 5.62. The number of pyridine rings is 1. The number of ketones is 2. The fraction of sp³-hybridized carbons (Fsp3) is 0.100. The predicted octanol–water partition coefficient (Wildman–Crippen LogP) is 3.53. The molecular weight excluding hydrogens is 406 g/mol. The van der Waals surface area contributed by atoms with Crippen molar-refractivity contribution in [2.45, 2.75) is 6.92 Å². The van der Waals surface area contributed by atoms with Crippen molar-refractivity contribution in [1.29, 1.82) is 0 Å². The van der Waals surface area contributed by atoms with Crippen LogP contribution in [0.4, 0.5) is 0 Å². The third-order valence-electron chi connectivity index (χ3n) is 2.20. The van der Waals surface area contributed by atoms with Gasteiger partial charge in [-0.05, 0) is 66.3 Å². The lowest BCUT2D eigenvalue weighted by Crippen LogP contribution is -2.19. The van der Waals surface area contributed by atoms with Gasteiger partial charge in [0.25, 0.3) is 0 Å². The van der Waals surface area contributed by atoms with Crippen LogP contribution in [0.3, 0.4) is 0 Å². The molecule has 1 aliphatic rings. The van der Waals surface area contributed by atoms with Gasteiger partial charge in [0, 0.05) is 0 Å². The average molecular weight is 410 g/mol. The van der Waals surface area contributed by atoms with E-state index in [2.05, 4.69) is 52.8 Å². The molecule has 0 saturated heterocycles. The van der Waals surface area contributed by atoms with Gasteiger partial charge in [-0.1, -0.05) is 0 Å². The molecule has 0 unspecified atom stereocenters. The van der Waals surface area contributed by atoms with Gasteiger partial charge < -0.3 is 0 Å². The number of Topliss-reactive ketones (excluding diaryl/α,β-unsaturated/α-hetero) is 2. The number of aromatic nitrogens is 1. The van der Waals surface area contributed by atoms with E-state index in [4.69, 9.17) is 0 Å². The summed E-state index contributed by atoms with van der Waals surface area (Å²) in [6.45, 7) is 1.82. The molecule has 0 radical (unpaired) electrons. The fourth-order valence-electron chi connectivity index (χ4n) is 1.36. The van der Waals surface area contributed by atoms with E-state index in [0.29, 0.717) is 10.2 Å². The normalized spacial score (nSPS) is 15.5. The van der Waals surface area contributed by atoms with Gasteiger partial charge in [-0.25, -0.2) is 4.98 Å². The van der Waals surface area contributed by atoms with Crippen LogP contribution in [0.5, 0.6) is 0 Å². The average Bonchev–Trinajstić information content (AvgIpc) is 2.26. The highest BCUT2D eigenvalue weighted by atomic mass is 79.9. The minimum atomic E-state index is -0.290. The number of carbonyl (C=O) groups is 2. The highest BCUT2D eigenvalue weighted by molar-refractivity contribution is 9.14. The summed E-state index contributed by atoms with van der Waals surface area (Å²) < 4.78 is 1.03. The Kier molecular flexibility index (Phi) is 3.16. The first-order chi connectivity index (χ1) is 7.43. The van der Waals surface area contributed by atoms with E-state index in [-0.39, 0.29) is 26.2 Å². The molecule has 2 rings (SSSR count). The molecule has 3 nitrogen and oxygen atoms in total. The summed E-state index contributed by atoms with van der Waals surface area (Å²) >= 11 is 9.41. The molecule has 6 heteroatoms. The Labute approximate surface area is 117 Å². The maximum Gasteiger partial charge on any atom is 0.220 e. The van der Waals surface area contributed by atoms with Crippen LogP contribution in [-0.2, 0) is 0 Å². The summed E-state index contributed by atoms with van der Waals surface area (Å²) in [4.78, 5) is 27.9. The zero-order valence-corrected chi connectivity index (χ0v) is 12.7. The van der Waals surface area contributed by atoms with Gasteiger partial charge >= 0.3 is 0 Å². The number of hydrogen-bond acceptors (Lipinski definition) is 3. The monoisotopic (exact) mass is 407 g/mol. The van der Waals surface area contributed by atoms with Gasteiger partial charge in [-0.2, -0.15) is 0 Å². The molecule has 1 aliphatic carbocycles. The SMILES string of the molecule is Cc1cc2c(nc1Br)C(=O)C(Br)=C(Br)C2=O. The minimum absolute atomic E-state index is 0.178. The van der Waals surface area contributed by atoms with Crippen molar-refractivity contribution in [3.8, 4) is 0 Å². The second kappa shape index (κ2) is 4.16. The van der Waals surface area contributed by atoms with Crippen molar-refractivity contribution >= 4 is 59.4 Å². The van der Waals surface area contributed by atoms with Gasteiger partial charge in [0.15, 0.2) is 0 Å². The zero-order valence-electron chi connectivity index (χ0n) is 7.97. The van der Waals surface area contributed by atoms with Crippen molar-refractivity contribution in [3.05, 3.63) is 36.5 Å². The van der Waals surface area contributed by atoms with Crippen LogP contribution < -0.4 is 0 Å². The van der Waals surface area contributed by atoms with E-state index >= 15 is 0 Å². The molecule has 1 heterocycles. The van der Waals surface area contributed by atoms with E-state index in [1.165, 1.54) is 0 Å². The van der Waals surface area contributed by atoms with Crippen LogP contribution in [0, 0.1) is 6.92 Å². The molecule has 0 fully saturated rings. The summed E-state index contributed by atoms with van der Waals surface area (Å²) in [6.07, 6.45) is 0. The first-order valence-electron chi connectivity index (χ1n) is 4.25. The second-order valence-electron chi connectivity index (χ2n) is 3.28. The molecule has 0 amide bonds. The highest BCUT2D eigenvalue weighted by Crippen LogP contribution is 2.33. The number of rotatable bonds is 0. The Morgan fingerprint density at radius 3 is 2.25 bits per heavy atom. The Morgan fingerprint density at radius 1 is 1.06 bits per heavy atom. The number of fused-ring (bicyclic) bond motifs is 1. The van der Waals surface area contributed by atoms with E-state index in [1.54, 1.807) is 6.07 Å². The summed E-state index contributed by atoms with van der Waals surface area (Å²) in [5.41, 5.74) is 1.33. The number of aryl methyl sites for hydroxylation is 1. The van der Waals surface area contributed by atoms with Crippen molar-refractivity contribution in [2.75, 3.05) is 0 Å². The molecule has 0 atom stereocenters. The van der Waals surface area contributed by atoms with Crippen LogP contribution in [-0.4, -0.2) is 16.6 Å². The Morgan fingerprint density at radius 2 is 1.62 bits per heavy atom. The fourth-order valence-corrected chi connectivity index (χ4v) is 2.41. The van der Waals surface area contributed by atoms with Crippen molar-refractivity contribution in [3.63, 3.8) is 0 Å². The molecule has 0 N–H and O–H groups in total. The summed E-state index contributed by atoms with van der Waals surface area (Å²) in [5.74, 6) is -0.522. The van der Waals surface area contributed by atoms with Crippen molar-refractivity contribution in [2.24, 2.45) is 0 Å². The summed E-state index contributed by atoms with van der Waals surface area (Å²) in [6, 6.07) is 1.66.